The third kappa shape index (κ3) is 4.42. The van der Waals surface area contributed by atoms with Crippen molar-refractivity contribution in [1.29, 1.82) is 0 Å². The van der Waals surface area contributed by atoms with Crippen molar-refractivity contribution in [2.45, 2.75) is 31.7 Å². The summed E-state index contributed by atoms with van der Waals surface area (Å²) in [6.07, 6.45) is 2.53. The summed E-state index contributed by atoms with van der Waals surface area (Å²) in [5.74, 6) is 2.45. The van der Waals surface area contributed by atoms with Gasteiger partial charge >= 0.3 is 0 Å². The van der Waals surface area contributed by atoms with Gasteiger partial charge in [0.1, 0.15) is 11.6 Å². The third-order valence-electron chi connectivity index (χ3n) is 5.80. The van der Waals surface area contributed by atoms with Gasteiger partial charge in [-0.05, 0) is 18.4 Å². The SMILES string of the molecule is Cn1c(CN2CCOCC2)nnc1[C@H]1CCCN(C(=O)Cc2ccccc2)C1. The normalized spacial score (nSPS) is 21.0. The second kappa shape index (κ2) is 8.84. The molecular weight excluding hydrogens is 354 g/mol. The third-order valence-corrected chi connectivity index (χ3v) is 5.80. The fourth-order valence-electron chi connectivity index (χ4n) is 4.12. The number of rotatable bonds is 5. The summed E-state index contributed by atoms with van der Waals surface area (Å²) >= 11 is 0. The Morgan fingerprint density at radius 2 is 1.93 bits per heavy atom. The predicted molar refractivity (Wildman–Crippen MR) is 106 cm³/mol. The van der Waals surface area contributed by atoms with Gasteiger partial charge in [-0.25, -0.2) is 0 Å². The van der Waals surface area contributed by atoms with Crippen molar-refractivity contribution in [1.82, 2.24) is 24.6 Å². The first kappa shape index (κ1) is 19.1. The van der Waals surface area contributed by atoms with Crippen LogP contribution in [-0.4, -0.2) is 69.9 Å². The Hall–Kier alpha value is -2.25. The van der Waals surface area contributed by atoms with Crippen LogP contribution in [0.4, 0.5) is 0 Å². The summed E-state index contributed by atoms with van der Waals surface area (Å²) in [4.78, 5) is 17.1. The molecule has 2 aliphatic rings. The van der Waals surface area contributed by atoms with E-state index in [-0.39, 0.29) is 11.8 Å². The molecule has 1 aromatic heterocycles. The summed E-state index contributed by atoms with van der Waals surface area (Å²) in [5.41, 5.74) is 1.07. The Kier molecular flexibility index (Phi) is 6.02. The molecule has 0 spiro atoms. The molecule has 150 valence electrons. The number of likely N-dealkylation sites (tertiary alicyclic amines) is 1. The van der Waals surface area contributed by atoms with E-state index >= 15 is 0 Å². The van der Waals surface area contributed by atoms with E-state index in [0.29, 0.717) is 6.42 Å². The molecule has 0 bridgehead atoms. The van der Waals surface area contributed by atoms with E-state index in [1.807, 2.05) is 35.2 Å². The van der Waals surface area contributed by atoms with Gasteiger partial charge in [0.05, 0.1) is 26.2 Å². The van der Waals surface area contributed by atoms with E-state index in [4.69, 9.17) is 4.74 Å². The highest BCUT2D eigenvalue weighted by molar-refractivity contribution is 5.78. The number of carbonyl (C=O) groups is 1. The van der Waals surface area contributed by atoms with Gasteiger partial charge in [-0.3, -0.25) is 9.69 Å². The lowest BCUT2D eigenvalue weighted by molar-refractivity contribution is -0.131. The molecule has 1 amide bonds. The maximum absolute atomic E-state index is 12.8. The smallest absolute Gasteiger partial charge is 0.227 e. The minimum atomic E-state index is 0.201. The summed E-state index contributed by atoms with van der Waals surface area (Å²) < 4.78 is 7.55. The average Bonchev–Trinajstić information content (AvgIpc) is 3.10. The minimum absolute atomic E-state index is 0.201. The molecule has 0 unspecified atom stereocenters. The van der Waals surface area contributed by atoms with Crippen LogP contribution in [0.15, 0.2) is 30.3 Å². The molecule has 2 aliphatic heterocycles. The number of aromatic nitrogens is 3. The Morgan fingerprint density at radius 3 is 2.71 bits per heavy atom. The molecule has 1 atom stereocenters. The van der Waals surface area contributed by atoms with Gasteiger partial charge in [0.15, 0.2) is 0 Å². The first-order valence-electron chi connectivity index (χ1n) is 10.2. The second-order valence-corrected chi connectivity index (χ2v) is 7.76. The Labute approximate surface area is 166 Å². The van der Waals surface area contributed by atoms with Crippen molar-refractivity contribution in [3.8, 4) is 0 Å². The molecule has 28 heavy (non-hydrogen) atoms. The van der Waals surface area contributed by atoms with Crippen LogP contribution < -0.4 is 0 Å². The molecule has 4 rings (SSSR count). The first-order valence-corrected chi connectivity index (χ1v) is 10.2. The summed E-state index contributed by atoms with van der Waals surface area (Å²) in [7, 11) is 2.05. The summed E-state index contributed by atoms with van der Waals surface area (Å²) in [5, 5.41) is 8.95. The molecule has 7 nitrogen and oxygen atoms in total. The van der Waals surface area contributed by atoms with Gasteiger partial charge < -0.3 is 14.2 Å². The molecule has 2 fully saturated rings. The van der Waals surface area contributed by atoms with E-state index < -0.39 is 0 Å². The molecule has 0 radical (unpaired) electrons. The van der Waals surface area contributed by atoms with Crippen molar-refractivity contribution >= 4 is 5.91 Å². The number of nitrogens with zero attached hydrogens (tertiary/aromatic N) is 5. The zero-order valence-corrected chi connectivity index (χ0v) is 16.6. The van der Waals surface area contributed by atoms with Crippen LogP contribution in [0.1, 0.15) is 36.0 Å². The lowest BCUT2D eigenvalue weighted by atomic mass is 9.96. The molecule has 0 N–H and O–H groups in total. The number of carbonyl (C=O) groups excluding carboxylic acids is 1. The standard InChI is InChI=1S/C21H29N5O2/c1-24-19(16-25-10-12-28-13-11-25)22-23-21(24)18-8-5-9-26(15-18)20(27)14-17-6-3-2-4-7-17/h2-4,6-7,18H,5,8-16H2,1H3/t18-/m0/s1. The van der Waals surface area contributed by atoms with E-state index in [1.165, 1.54) is 0 Å². The Balaban J connectivity index is 1.39. The molecule has 2 aromatic rings. The quantitative estimate of drug-likeness (QED) is 0.785. The number of hydrogen-bond donors (Lipinski definition) is 0. The maximum atomic E-state index is 12.8. The summed E-state index contributed by atoms with van der Waals surface area (Å²) in [6, 6.07) is 9.97. The fourth-order valence-corrected chi connectivity index (χ4v) is 4.12. The molecule has 2 saturated heterocycles. The lowest BCUT2D eigenvalue weighted by Gasteiger charge is -2.32. The Bertz CT molecular complexity index is 785. The van der Waals surface area contributed by atoms with Gasteiger partial charge in [0.25, 0.3) is 0 Å². The van der Waals surface area contributed by atoms with Crippen LogP contribution >= 0.6 is 0 Å². The van der Waals surface area contributed by atoms with Crippen molar-refractivity contribution < 1.29 is 9.53 Å². The second-order valence-electron chi connectivity index (χ2n) is 7.76. The average molecular weight is 383 g/mol. The van der Waals surface area contributed by atoms with Crippen molar-refractivity contribution in [2.24, 2.45) is 7.05 Å². The minimum Gasteiger partial charge on any atom is -0.379 e. The Morgan fingerprint density at radius 1 is 1.14 bits per heavy atom. The summed E-state index contributed by atoms with van der Waals surface area (Å²) in [6.45, 7) is 5.81. The lowest BCUT2D eigenvalue weighted by Crippen LogP contribution is -2.40. The molecule has 1 aromatic carbocycles. The number of morpholine rings is 1. The van der Waals surface area contributed by atoms with Crippen molar-refractivity contribution in [3.05, 3.63) is 47.5 Å². The number of hydrogen-bond acceptors (Lipinski definition) is 5. The molecule has 0 saturated carbocycles. The van der Waals surface area contributed by atoms with Crippen LogP contribution in [-0.2, 0) is 29.5 Å². The van der Waals surface area contributed by atoms with Crippen LogP contribution in [0.2, 0.25) is 0 Å². The maximum Gasteiger partial charge on any atom is 0.227 e. The number of piperidine rings is 1. The molecule has 7 heteroatoms. The number of ether oxygens (including phenoxy) is 1. The van der Waals surface area contributed by atoms with Gasteiger partial charge in [-0.2, -0.15) is 0 Å². The zero-order valence-electron chi connectivity index (χ0n) is 16.6. The monoisotopic (exact) mass is 383 g/mol. The van der Waals surface area contributed by atoms with Crippen LogP contribution in [0.3, 0.4) is 0 Å². The number of benzene rings is 1. The van der Waals surface area contributed by atoms with E-state index in [2.05, 4.69) is 26.7 Å². The van der Waals surface area contributed by atoms with Crippen LogP contribution in [0, 0.1) is 0 Å². The fraction of sp³-hybridized carbons (Fsp3) is 0.571. The van der Waals surface area contributed by atoms with Crippen LogP contribution in [0.25, 0.3) is 0 Å². The van der Waals surface area contributed by atoms with Gasteiger partial charge in [-0.15, -0.1) is 10.2 Å². The van der Waals surface area contributed by atoms with E-state index in [9.17, 15) is 4.79 Å². The van der Waals surface area contributed by atoms with Gasteiger partial charge in [0, 0.05) is 39.1 Å². The van der Waals surface area contributed by atoms with Crippen molar-refractivity contribution in [3.63, 3.8) is 0 Å². The first-order chi connectivity index (χ1) is 13.7. The van der Waals surface area contributed by atoms with E-state index in [0.717, 1.165) is 76.0 Å². The molecule has 0 aliphatic carbocycles. The van der Waals surface area contributed by atoms with Gasteiger partial charge in [-0.1, -0.05) is 30.3 Å². The predicted octanol–water partition coefficient (Wildman–Crippen LogP) is 1.60. The number of amides is 1. The largest absolute Gasteiger partial charge is 0.379 e. The zero-order chi connectivity index (χ0) is 19.3. The van der Waals surface area contributed by atoms with Crippen LogP contribution in [0.5, 0.6) is 0 Å². The topological polar surface area (TPSA) is 63.5 Å². The highest BCUT2D eigenvalue weighted by atomic mass is 16.5. The van der Waals surface area contributed by atoms with E-state index in [1.54, 1.807) is 0 Å². The molecular formula is C21H29N5O2. The highest BCUT2D eigenvalue weighted by Crippen LogP contribution is 2.26. The highest BCUT2D eigenvalue weighted by Gasteiger charge is 2.28. The molecule has 3 heterocycles. The van der Waals surface area contributed by atoms with Gasteiger partial charge in [0.2, 0.25) is 5.91 Å². The van der Waals surface area contributed by atoms with Crippen molar-refractivity contribution in [2.75, 3.05) is 39.4 Å².